The number of aromatic nitrogens is 2. The molecule has 0 bridgehead atoms. The summed E-state index contributed by atoms with van der Waals surface area (Å²) < 4.78 is 38.4. The van der Waals surface area contributed by atoms with E-state index in [1.807, 2.05) is 0 Å². The van der Waals surface area contributed by atoms with Gasteiger partial charge in [0.1, 0.15) is 10.3 Å². The Kier molecular flexibility index (Phi) is 3.14. The average Bonchev–Trinajstić information content (AvgIpc) is 2.71. The number of nitrogens with one attached hydrogen (secondary N) is 1. The maximum Gasteiger partial charge on any atom is 0.432 e. The minimum absolute atomic E-state index is 0.0684. The monoisotopic (exact) mass is 289 g/mol. The number of nitro benzene ring substituents is 1. The van der Waals surface area contributed by atoms with Gasteiger partial charge in [0.25, 0.3) is 5.69 Å². The lowest BCUT2D eigenvalue weighted by molar-refractivity contribution is -0.384. The summed E-state index contributed by atoms with van der Waals surface area (Å²) in [5.41, 5.74) is -0.847. The van der Waals surface area contributed by atoms with Crippen LogP contribution in [-0.2, 0) is 6.18 Å². The number of alkyl halides is 3. The fourth-order valence-corrected chi connectivity index (χ4v) is 1.73. The summed E-state index contributed by atoms with van der Waals surface area (Å²) in [7, 11) is 0. The highest BCUT2D eigenvalue weighted by Crippen LogP contribution is 2.28. The normalized spacial score (nSPS) is 11.5. The number of halogens is 3. The second kappa shape index (κ2) is 4.50. The summed E-state index contributed by atoms with van der Waals surface area (Å²) >= 11 is 4.81. The number of nitro groups is 1. The molecular weight excluding hydrogens is 283 g/mol. The Labute approximate surface area is 109 Å². The van der Waals surface area contributed by atoms with E-state index in [0.29, 0.717) is 0 Å². The predicted octanol–water partition coefficient (Wildman–Crippen LogP) is 3.46. The van der Waals surface area contributed by atoms with Crippen molar-refractivity contribution in [2.24, 2.45) is 0 Å². The minimum Gasteiger partial charge on any atom is -0.288 e. The van der Waals surface area contributed by atoms with Crippen molar-refractivity contribution in [1.82, 2.24) is 9.78 Å². The first kappa shape index (κ1) is 13.3. The van der Waals surface area contributed by atoms with E-state index in [-0.39, 0.29) is 16.0 Å². The van der Waals surface area contributed by atoms with Crippen LogP contribution in [0.5, 0.6) is 0 Å². The van der Waals surface area contributed by atoms with Crippen molar-refractivity contribution in [2.45, 2.75) is 6.18 Å². The molecule has 0 saturated carbocycles. The Hall–Kier alpha value is -2.16. The smallest absolute Gasteiger partial charge is 0.288 e. The summed E-state index contributed by atoms with van der Waals surface area (Å²) in [6, 6.07) is 5.78. The molecule has 0 radical (unpaired) electrons. The van der Waals surface area contributed by atoms with Crippen LogP contribution < -0.4 is 0 Å². The number of aromatic amines is 1. The van der Waals surface area contributed by atoms with Gasteiger partial charge in [0.05, 0.1) is 10.6 Å². The van der Waals surface area contributed by atoms with Crippen LogP contribution in [0.15, 0.2) is 30.3 Å². The molecule has 100 valence electrons. The highest BCUT2D eigenvalue weighted by molar-refractivity contribution is 7.71. The van der Waals surface area contributed by atoms with E-state index < -0.39 is 16.8 Å². The number of hydrogen-bond donors (Lipinski definition) is 1. The zero-order valence-electron chi connectivity index (χ0n) is 9.14. The van der Waals surface area contributed by atoms with Crippen LogP contribution in [-0.4, -0.2) is 14.7 Å². The zero-order chi connectivity index (χ0) is 14.2. The van der Waals surface area contributed by atoms with Crippen LogP contribution in [0.3, 0.4) is 0 Å². The van der Waals surface area contributed by atoms with E-state index in [1.54, 1.807) is 0 Å². The van der Waals surface area contributed by atoms with Gasteiger partial charge in [-0.25, -0.2) is 4.68 Å². The Morgan fingerprint density at radius 1 is 1.26 bits per heavy atom. The van der Waals surface area contributed by atoms with Gasteiger partial charge in [-0.1, -0.05) is 12.2 Å². The van der Waals surface area contributed by atoms with Gasteiger partial charge in [-0.2, -0.15) is 13.2 Å². The highest BCUT2D eigenvalue weighted by Gasteiger charge is 2.33. The van der Waals surface area contributed by atoms with E-state index >= 15 is 0 Å². The summed E-state index contributed by atoms with van der Waals surface area (Å²) in [6.07, 6.45) is -4.53. The SMILES string of the molecule is O=[N+]([O-])c1ccc(-n2[nH]c(C(F)(F)F)cc2=S)cc1. The quantitative estimate of drug-likeness (QED) is 0.523. The molecule has 0 fully saturated rings. The molecule has 5 nitrogen and oxygen atoms in total. The largest absolute Gasteiger partial charge is 0.432 e. The fraction of sp³-hybridized carbons (Fsp3) is 0.100. The number of H-pyrrole nitrogens is 1. The van der Waals surface area contributed by atoms with E-state index in [9.17, 15) is 23.3 Å². The molecule has 1 N–H and O–H groups in total. The molecule has 2 aromatic rings. The first-order chi connectivity index (χ1) is 8.79. The molecule has 1 aromatic carbocycles. The molecule has 0 aliphatic carbocycles. The van der Waals surface area contributed by atoms with Crippen molar-refractivity contribution >= 4 is 17.9 Å². The maximum atomic E-state index is 12.5. The van der Waals surface area contributed by atoms with Crippen molar-refractivity contribution in [3.05, 3.63) is 50.8 Å². The Balaban J connectivity index is 2.45. The van der Waals surface area contributed by atoms with Crippen LogP contribution in [0.2, 0.25) is 0 Å². The first-order valence-corrected chi connectivity index (χ1v) is 5.34. The average molecular weight is 289 g/mol. The van der Waals surface area contributed by atoms with Crippen molar-refractivity contribution in [2.75, 3.05) is 0 Å². The fourth-order valence-electron chi connectivity index (χ4n) is 1.46. The van der Waals surface area contributed by atoms with E-state index in [0.717, 1.165) is 10.7 Å². The van der Waals surface area contributed by atoms with Gasteiger partial charge in [0.2, 0.25) is 0 Å². The predicted molar refractivity (Wildman–Crippen MR) is 62.6 cm³/mol. The molecule has 0 amide bonds. The molecule has 1 heterocycles. The lowest BCUT2D eigenvalue weighted by Gasteiger charge is -2.04. The lowest BCUT2D eigenvalue weighted by atomic mass is 10.3. The van der Waals surface area contributed by atoms with Gasteiger partial charge in [-0.05, 0) is 12.1 Å². The molecule has 0 aliphatic heterocycles. The number of rotatable bonds is 2. The Bertz CT molecular complexity index is 673. The molecular formula is C10H6F3N3O2S. The molecule has 2 rings (SSSR count). The molecule has 0 aliphatic rings. The Morgan fingerprint density at radius 2 is 1.84 bits per heavy atom. The molecule has 0 atom stereocenters. The summed E-state index contributed by atoms with van der Waals surface area (Å²) in [4.78, 5) is 9.87. The first-order valence-electron chi connectivity index (χ1n) is 4.93. The highest BCUT2D eigenvalue weighted by atomic mass is 32.1. The topological polar surface area (TPSA) is 63.9 Å². The third kappa shape index (κ3) is 2.65. The number of benzene rings is 1. The van der Waals surface area contributed by atoms with E-state index in [4.69, 9.17) is 12.2 Å². The molecule has 0 unspecified atom stereocenters. The van der Waals surface area contributed by atoms with Gasteiger partial charge in [0.15, 0.2) is 0 Å². The number of hydrogen-bond acceptors (Lipinski definition) is 3. The summed E-state index contributed by atoms with van der Waals surface area (Å²) in [6.45, 7) is 0. The maximum absolute atomic E-state index is 12.5. The van der Waals surface area contributed by atoms with Crippen molar-refractivity contribution in [1.29, 1.82) is 0 Å². The van der Waals surface area contributed by atoms with Crippen LogP contribution >= 0.6 is 12.2 Å². The standard InChI is InChI=1S/C10H6F3N3O2S/c11-10(12,13)8-5-9(19)15(14-8)6-1-3-7(4-2-6)16(17)18/h1-5,14H. The third-order valence-corrected chi connectivity index (χ3v) is 2.65. The molecule has 0 saturated heterocycles. The molecule has 1 aromatic heterocycles. The molecule has 19 heavy (non-hydrogen) atoms. The summed E-state index contributed by atoms with van der Waals surface area (Å²) in [5.74, 6) is 0. The van der Waals surface area contributed by atoms with Crippen LogP contribution in [0.25, 0.3) is 5.69 Å². The minimum atomic E-state index is -4.53. The Morgan fingerprint density at radius 3 is 2.26 bits per heavy atom. The zero-order valence-corrected chi connectivity index (χ0v) is 9.96. The van der Waals surface area contributed by atoms with Crippen LogP contribution in [0.4, 0.5) is 18.9 Å². The van der Waals surface area contributed by atoms with E-state index in [1.165, 1.54) is 24.3 Å². The van der Waals surface area contributed by atoms with Gasteiger partial charge in [-0.15, -0.1) is 0 Å². The number of non-ortho nitro benzene ring substituents is 1. The molecule has 9 heteroatoms. The van der Waals surface area contributed by atoms with Gasteiger partial charge < -0.3 is 0 Å². The summed E-state index contributed by atoms with van der Waals surface area (Å²) in [5, 5.41) is 12.6. The second-order valence-corrected chi connectivity index (χ2v) is 4.03. The van der Waals surface area contributed by atoms with Crippen LogP contribution in [0, 0.1) is 14.8 Å². The van der Waals surface area contributed by atoms with Crippen LogP contribution in [0.1, 0.15) is 5.69 Å². The van der Waals surface area contributed by atoms with Gasteiger partial charge >= 0.3 is 6.18 Å². The van der Waals surface area contributed by atoms with Gasteiger partial charge in [-0.3, -0.25) is 15.2 Å². The lowest BCUT2D eigenvalue weighted by Crippen LogP contribution is -2.07. The number of nitrogens with zero attached hydrogens (tertiary/aromatic N) is 2. The van der Waals surface area contributed by atoms with Crippen molar-refractivity contribution in [3.63, 3.8) is 0 Å². The third-order valence-electron chi connectivity index (χ3n) is 2.34. The van der Waals surface area contributed by atoms with Crippen molar-refractivity contribution in [3.8, 4) is 5.69 Å². The van der Waals surface area contributed by atoms with E-state index in [2.05, 4.69) is 5.10 Å². The van der Waals surface area contributed by atoms with Crippen molar-refractivity contribution < 1.29 is 18.1 Å². The molecule has 0 spiro atoms. The second-order valence-electron chi connectivity index (χ2n) is 3.61. The van der Waals surface area contributed by atoms with Gasteiger partial charge in [0, 0.05) is 18.2 Å².